The van der Waals surface area contributed by atoms with Crippen molar-refractivity contribution in [3.8, 4) is 5.88 Å². The molecule has 0 saturated carbocycles. The third kappa shape index (κ3) is 3.46. The summed E-state index contributed by atoms with van der Waals surface area (Å²) in [6.45, 7) is 7.25. The number of nitrogens with zero attached hydrogens (tertiary/aromatic N) is 3. The van der Waals surface area contributed by atoms with Gasteiger partial charge in [0.15, 0.2) is 0 Å². The third-order valence-corrected chi connectivity index (χ3v) is 4.46. The minimum Gasteiger partial charge on any atom is -0.478 e. The molecule has 2 atom stereocenters. The first-order chi connectivity index (χ1) is 10.3. The second-order valence-corrected chi connectivity index (χ2v) is 6.16. The molecule has 3 heterocycles. The highest BCUT2D eigenvalue weighted by molar-refractivity contribution is 5.33. The fraction of sp³-hybridized carbons (Fsp3) is 0.750. The number of rotatable bonds is 5. The predicted molar refractivity (Wildman–Crippen MR) is 83.8 cm³/mol. The molecule has 2 unspecified atom stereocenters. The molecule has 1 N–H and O–H groups in total. The van der Waals surface area contributed by atoms with Crippen LogP contribution in [0.25, 0.3) is 0 Å². The van der Waals surface area contributed by atoms with Crippen LogP contribution in [0.4, 0.5) is 5.95 Å². The van der Waals surface area contributed by atoms with Crippen LogP contribution in [0.1, 0.15) is 44.7 Å². The van der Waals surface area contributed by atoms with Gasteiger partial charge in [-0.15, -0.1) is 0 Å². The van der Waals surface area contributed by atoms with Crippen LogP contribution >= 0.6 is 0 Å². The number of hydrogen-bond acceptors (Lipinski definition) is 5. The second-order valence-electron chi connectivity index (χ2n) is 6.16. The monoisotopic (exact) mass is 290 g/mol. The largest absolute Gasteiger partial charge is 0.478 e. The SMILES string of the molecule is CCCOc1cc(C)nc(NC2CCN3CCCCC23)n1. The summed E-state index contributed by atoms with van der Waals surface area (Å²) in [7, 11) is 0. The number of anilines is 1. The lowest BCUT2D eigenvalue weighted by Crippen LogP contribution is -2.42. The average Bonchev–Trinajstić information content (AvgIpc) is 2.88. The number of aryl methyl sites for hydroxylation is 1. The summed E-state index contributed by atoms with van der Waals surface area (Å²) in [5.41, 5.74) is 0.956. The van der Waals surface area contributed by atoms with Gasteiger partial charge in [-0.05, 0) is 39.2 Å². The molecule has 0 amide bonds. The van der Waals surface area contributed by atoms with E-state index in [4.69, 9.17) is 4.74 Å². The third-order valence-electron chi connectivity index (χ3n) is 4.46. The zero-order chi connectivity index (χ0) is 14.7. The highest BCUT2D eigenvalue weighted by Gasteiger charge is 2.35. The smallest absolute Gasteiger partial charge is 0.226 e. The Morgan fingerprint density at radius 1 is 1.29 bits per heavy atom. The van der Waals surface area contributed by atoms with Crippen LogP contribution in [0.5, 0.6) is 5.88 Å². The first-order valence-electron chi connectivity index (χ1n) is 8.25. The van der Waals surface area contributed by atoms with Gasteiger partial charge in [-0.3, -0.25) is 4.90 Å². The molecule has 21 heavy (non-hydrogen) atoms. The van der Waals surface area contributed by atoms with Crippen molar-refractivity contribution in [3.63, 3.8) is 0 Å². The Labute approximate surface area is 127 Å². The Bertz CT molecular complexity index is 479. The molecule has 2 fully saturated rings. The molecular formula is C16H26N4O. The zero-order valence-corrected chi connectivity index (χ0v) is 13.1. The van der Waals surface area contributed by atoms with Gasteiger partial charge in [-0.25, -0.2) is 4.98 Å². The van der Waals surface area contributed by atoms with Gasteiger partial charge >= 0.3 is 0 Å². The molecule has 116 valence electrons. The Hall–Kier alpha value is -1.36. The van der Waals surface area contributed by atoms with E-state index in [2.05, 4.69) is 27.1 Å². The molecule has 0 radical (unpaired) electrons. The first kappa shape index (κ1) is 14.6. The predicted octanol–water partition coefficient (Wildman–Crippen LogP) is 2.61. The van der Waals surface area contributed by atoms with Crippen molar-refractivity contribution in [2.45, 2.75) is 58.0 Å². The van der Waals surface area contributed by atoms with Crippen LogP contribution in [0.3, 0.4) is 0 Å². The van der Waals surface area contributed by atoms with Gasteiger partial charge in [-0.1, -0.05) is 13.3 Å². The number of ether oxygens (including phenoxy) is 1. The normalized spacial score (nSPS) is 25.6. The number of fused-ring (bicyclic) bond motifs is 1. The van der Waals surface area contributed by atoms with E-state index in [1.54, 1.807) is 0 Å². The average molecular weight is 290 g/mol. The van der Waals surface area contributed by atoms with Crippen molar-refractivity contribution in [3.05, 3.63) is 11.8 Å². The van der Waals surface area contributed by atoms with Crippen molar-refractivity contribution in [1.29, 1.82) is 0 Å². The molecular weight excluding hydrogens is 264 g/mol. The van der Waals surface area contributed by atoms with Gasteiger partial charge in [0.2, 0.25) is 11.8 Å². The maximum absolute atomic E-state index is 5.65. The second kappa shape index (κ2) is 6.60. The van der Waals surface area contributed by atoms with E-state index in [0.29, 0.717) is 24.6 Å². The van der Waals surface area contributed by atoms with E-state index in [9.17, 15) is 0 Å². The summed E-state index contributed by atoms with van der Waals surface area (Å²) >= 11 is 0. The van der Waals surface area contributed by atoms with Gasteiger partial charge in [0, 0.05) is 30.4 Å². The Balaban J connectivity index is 1.68. The van der Waals surface area contributed by atoms with Crippen LogP contribution < -0.4 is 10.1 Å². The number of hydrogen-bond donors (Lipinski definition) is 1. The van der Waals surface area contributed by atoms with E-state index in [1.165, 1.54) is 38.8 Å². The number of piperidine rings is 1. The van der Waals surface area contributed by atoms with E-state index < -0.39 is 0 Å². The molecule has 0 aromatic carbocycles. The Kier molecular flexibility index (Phi) is 4.58. The van der Waals surface area contributed by atoms with E-state index in [0.717, 1.165) is 18.1 Å². The van der Waals surface area contributed by atoms with Gasteiger partial charge in [0.05, 0.1) is 6.61 Å². The first-order valence-corrected chi connectivity index (χ1v) is 8.25. The lowest BCUT2D eigenvalue weighted by atomic mass is 9.99. The molecule has 0 aliphatic carbocycles. The maximum Gasteiger partial charge on any atom is 0.226 e. The van der Waals surface area contributed by atoms with Gasteiger partial charge in [-0.2, -0.15) is 4.98 Å². The summed E-state index contributed by atoms with van der Waals surface area (Å²) in [4.78, 5) is 11.6. The van der Waals surface area contributed by atoms with Crippen molar-refractivity contribution in [2.75, 3.05) is 25.0 Å². The lowest BCUT2D eigenvalue weighted by molar-refractivity contribution is 0.192. The van der Waals surface area contributed by atoms with Crippen LogP contribution in [-0.2, 0) is 0 Å². The summed E-state index contributed by atoms with van der Waals surface area (Å²) in [5, 5.41) is 3.55. The molecule has 1 aromatic heterocycles. The molecule has 2 aliphatic rings. The standard InChI is InChI=1S/C16H26N4O/c1-3-10-21-15-11-12(2)17-16(19-15)18-13-7-9-20-8-5-4-6-14(13)20/h11,13-14H,3-10H2,1-2H3,(H,17,18,19). The van der Waals surface area contributed by atoms with Crippen molar-refractivity contribution in [1.82, 2.24) is 14.9 Å². The zero-order valence-electron chi connectivity index (χ0n) is 13.1. The number of aromatic nitrogens is 2. The minimum atomic E-state index is 0.478. The highest BCUT2D eigenvalue weighted by atomic mass is 16.5. The fourth-order valence-electron chi connectivity index (χ4n) is 3.47. The Morgan fingerprint density at radius 3 is 3.05 bits per heavy atom. The van der Waals surface area contributed by atoms with Crippen molar-refractivity contribution >= 4 is 5.95 Å². The molecule has 3 rings (SSSR count). The fourth-order valence-corrected chi connectivity index (χ4v) is 3.47. The topological polar surface area (TPSA) is 50.3 Å². The molecule has 2 aliphatic heterocycles. The van der Waals surface area contributed by atoms with Crippen LogP contribution in [-0.4, -0.2) is 46.6 Å². The van der Waals surface area contributed by atoms with E-state index in [-0.39, 0.29) is 0 Å². The van der Waals surface area contributed by atoms with Crippen molar-refractivity contribution < 1.29 is 4.74 Å². The van der Waals surface area contributed by atoms with E-state index >= 15 is 0 Å². The summed E-state index contributed by atoms with van der Waals surface area (Å²) in [6, 6.07) is 3.04. The van der Waals surface area contributed by atoms with E-state index in [1.807, 2.05) is 13.0 Å². The van der Waals surface area contributed by atoms with Gasteiger partial charge < -0.3 is 10.1 Å². The van der Waals surface area contributed by atoms with Gasteiger partial charge in [0.1, 0.15) is 0 Å². The molecule has 0 bridgehead atoms. The summed E-state index contributed by atoms with van der Waals surface area (Å²) in [5.74, 6) is 1.41. The van der Waals surface area contributed by atoms with Crippen LogP contribution in [0.2, 0.25) is 0 Å². The molecule has 2 saturated heterocycles. The lowest BCUT2D eigenvalue weighted by Gasteiger charge is -2.32. The van der Waals surface area contributed by atoms with Gasteiger partial charge in [0.25, 0.3) is 0 Å². The molecule has 5 heteroatoms. The summed E-state index contributed by atoms with van der Waals surface area (Å²) in [6.07, 6.45) is 6.17. The molecule has 1 aromatic rings. The molecule has 0 spiro atoms. The van der Waals surface area contributed by atoms with Crippen LogP contribution in [0, 0.1) is 6.92 Å². The molecule has 5 nitrogen and oxygen atoms in total. The van der Waals surface area contributed by atoms with Crippen LogP contribution in [0.15, 0.2) is 6.07 Å². The Morgan fingerprint density at radius 2 is 2.19 bits per heavy atom. The maximum atomic E-state index is 5.65. The summed E-state index contributed by atoms with van der Waals surface area (Å²) < 4.78 is 5.65. The quantitative estimate of drug-likeness (QED) is 0.903. The highest BCUT2D eigenvalue weighted by Crippen LogP contribution is 2.29. The van der Waals surface area contributed by atoms with Crippen molar-refractivity contribution in [2.24, 2.45) is 0 Å². The number of nitrogens with one attached hydrogen (secondary N) is 1. The minimum absolute atomic E-state index is 0.478.